The van der Waals surface area contributed by atoms with Gasteiger partial charge in [0.15, 0.2) is 0 Å². The first kappa shape index (κ1) is 12.8. The van der Waals surface area contributed by atoms with Gasteiger partial charge in [-0.1, -0.05) is 23.7 Å². The third-order valence-corrected chi connectivity index (χ3v) is 3.26. The molecule has 0 atom stereocenters. The van der Waals surface area contributed by atoms with Gasteiger partial charge in [-0.2, -0.15) is 0 Å². The molecule has 20 heavy (non-hydrogen) atoms. The number of nitrogen functional groups attached to an aromatic ring is 1. The van der Waals surface area contributed by atoms with Crippen molar-refractivity contribution in [3.8, 4) is 17.0 Å². The lowest BCUT2D eigenvalue weighted by Crippen LogP contribution is -1.95. The molecule has 0 aliphatic carbocycles. The third kappa shape index (κ3) is 2.18. The number of nitrogens with zero attached hydrogens (tertiary/aromatic N) is 2. The first-order chi connectivity index (χ1) is 9.69. The van der Waals surface area contributed by atoms with Crippen molar-refractivity contribution >= 4 is 23.1 Å². The number of ether oxygens (including phenoxy) is 1. The van der Waals surface area contributed by atoms with Crippen LogP contribution in [0.1, 0.15) is 6.92 Å². The van der Waals surface area contributed by atoms with Gasteiger partial charge < -0.3 is 10.5 Å². The van der Waals surface area contributed by atoms with Crippen molar-refractivity contribution in [2.24, 2.45) is 0 Å². The van der Waals surface area contributed by atoms with E-state index >= 15 is 0 Å². The summed E-state index contributed by atoms with van der Waals surface area (Å²) in [6, 6.07) is 11.4. The molecular weight excluding hydrogens is 274 g/mol. The number of anilines is 1. The lowest BCUT2D eigenvalue weighted by Gasteiger charge is -2.05. The van der Waals surface area contributed by atoms with Crippen LogP contribution in [0.15, 0.2) is 42.6 Å². The highest BCUT2D eigenvalue weighted by Crippen LogP contribution is 2.29. The van der Waals surface area contributed by atoms with Crippen LogP contribution in [0, 0.1) is 0 Å². The Morgan fingerprint density at radius 3 is 2.95 bits per heavy atom. The van der Waals surface area contributed by atoms with Crippen molar-refractivity contribution in [1.82, 2.24) is 9.38 Å². The maximum Gasteiger partial charge on any atom is 0.139 e. The lowest BCUT2D eigenvalue weighted by molar-refractivity contribution is 0.340. The Labute approximate surface area is 121 Å². The Balaban J connectivity index is 2.14. The second-order valence-electron chi connectivity index (χ2n) is 4.38. The molecule has 3 aromatic rings. The summed E-state index contributed by atoms with van der Waals surface area (Å²) in [4.78, 5) is 4.55. The van der Waals surface area contributed by atoms with Crippen LogP contribution >= 0.6 is 11.6 Å². The molecular formula is C15H14ClN3O. The summed E-state index contributed by atoms with van der Waals surface area (Å²) >= 11 is 5.99. The summed E-state index contributed by atoms with van der Waals surface area (Å²) in [5, 5.41) is 0.621. The van der Waals surface area contributed by atoms with Crippen LogP contribution in [-0.2, 0) is 0 Å². The summed E-state index contributed by atoms with van der Waals surface area (Å²) in [7, 11) is 0. The Hall–Kier alpha value is -2.20. The maximum atomic E-state index is 6.16. The average Bonchev–Trinajstić information content (AvgIpc) is 2.77. The van der Waals surface area contributed by atoms with Crippen LogP contribution < -0.4 is 10.5 Å². The molecule has 0 saturated heterocycles. The fraction of sp³-hybridized carbons (Fsp3) is 0.133. The zero-order valence-corrected chi connectivity index (χ0v) is 11.8. The van der Waals surface area contributed by atoms with Gasteiger partial charge >= 0.3 is 0 Å². The minimum absolute atomic E-state index is 0.566. The van der Waals surface area contributed by atoms with Gasteiger partial charge in [0.25, 0.3) is 0 Å². The van der Waals surface area contributed by atoms with Gasteiger partial charge in [0.05, 0.1) is 11.6 Å². The molecule has 1 aromatic carbocycles. The smallest absolute Gasteiger partial charge is 0.139 e. The van der Waals surface area contributed by atoms with E-state index < -0.39 is 0 Å². The Bertz CT molecular complexity index is 767. The Morgan fingerprint density at radius 2 is 2.15 bits per heavy atom. The van der Waals surface area contributed by atoms with Crippen LogP contribution in [0.5, 0.6) is 5.75 Å². The molecule has 2 aromatic heterocycles. The first-order valence-corrected chi connectivity index (χ1v) is 6.73. The van der Waals surface area contributed by atoms with Crippen LogP contribution in [0.25, 0.3) is 16.9 Å². The molecule has 0 saturated carbocycles. The number of hydrogen-bond acceptors (Lipinski definition) is 3. The Kier molecular flexibility index (Phi) is 3.24. The van der Waals surface area contributed by atoms with E-state index in [-0.39, 0.29) is 0 Å². The first-order valence-electron chi connectivity index (χ1n) is 6.35. The molecule has 2 heterocycles. The molecule has 4 nitrogen and oxygen atoms in total. The maximum absolute atomic E-state index is 6.16. The van der Waals surface area contributed by atoms with E-state index in [1.807, 2.05) is 37.3 Å². The molecule has 0 spiro atoms. The lowest BCUT2D eigenvalue weighted by atomic mass is 10.1. The quantitative estimate of drug-likeness (QED) is 0.800. The van der Waals surface area contributed by atoms with E-state index in [1.165, 1.54) is 0 Å². The number of imidazole rings is 1. The molecule has 2 N–H and O–H groups in total. The zero-order chi connectivity index (χ0) is 14.1. The third-order valence-electron chi connectivity index (χ3n) is 3.04. The molecule has 5 heteroatoms. The van der Waals surface area contributed by atoms with Crippen molar-refractivity contribution in [3.05, 3.63) is 47.6 Å². The number of fused-ring (bicyclic) bond motifs is 1. The fourth-order valence-electron chi connectivity index (χ4n) is 2.15. The minimum atomic E-state index is 0.566. The number of pyridine rings is 1. The van der Waals surface area contributed by atoms with Gasteiger partial charge in [-0.05, 0) is 31.2 Å². The second kappa shape index (κ2) is 5.06. The van der Waals surface area contributed by atoms with Gasteiger partial charge in [0.2, 0.25) is 0 Å². The number of benzene rings is 1. The van der Waals surface area contributed by atoms with E-state index in [4.69, 9.17) is 22.1 Å². The van der Waals surface area contributed by atoms with Gasteiger partial charge in [-0.3, -0.25) is 4.40 Å². The largest absolute Gasteiger partial charge is 0.494 e. The molecule has 0 amide bonds. The second-order valence-corrected chi connectivity index (χ2v) is 4.82. The van der Waals surface area contributed by atoms with Crippen LogP contribution in [0.3, 0.4) is 0 Å². The SMILES string of the molecule is CCOc1cccc(-c2nc3ccc(Cl)cn3c2N)c1. The summed E-state index contributed by atoms with van der Waals surface area (Å²) in [5.41, 5.74) is 8.59. The van der Waals surface area contributed by atoms with E-state index in [2.05, 4.69) is 4.98 Å². The topological polar surface area (TPSA) is 52.5 Å². The Morgan fingerprint density at radius 1 is 1.30 bits per heavy atom. The van der Waals surface area contributed by atoms with Crippen LogP contribution in [0.2, 0.25) is 5.02 Å². The molecule has 0 aliphatic rings. The van der Waals surface area contributed by atoms with Gasteiger partial charge in [0.1, 0.15) is 22.9 Å². The van der Waals surface area contributed by atoms with E-state index in [0.717, 1.165) is 22.7 Å². The summed E-state index contributed by atoms with van der Waals surface area (Å²) in [6.07, 6.45) is 1.76. The number of aromatic nitrogens is 2. The van der Waals surface area contributed by atoms with E-state index in [0.29, 0.717) is 17.4 Å². The predicted octanol–water partition coefficient (Wildman–Crippen LogP) is 3.64. The number of hydrogen-bond donors (Lipinski definition) is 1. The van der Waals surface area contributed by atoms with Gasteiger partial charge in [0, 0.05) is 11.8 Å². The molecule has 0 aliphatic heterocycles. The van der Waals surface area contributed by atoms with Crippen molar-refractivity contribution < 1.29 is 4.74 Å². The highest BCUT2D eigenvalue weighted by atomic mass is 35.5. The number of rotatable bonds is 3. The van der Waals surface area contributed by atoms with Crippen molar-refractivity contribution in [3.63, 3.8) is 0 Å². The fourth-order valence-corrected chi connectivity index (χ4v) is 2.31. The highest BCUT2D eigenvalue weighted by Gasteiger charge is 2.12. The summed E-state index contributed by atoms with van der Waals surface area (Å²) in [5.74, 6) is 1.37. The number of nitrogens with two attached hydrogens (primary N) is 1. The van der Waals surface area contributed by atoms with Crippen LogP contribution in [0.4, 0.5) is 5.82 Å². The standard InChI is InChI=1S/C15H14ClN3O/c1-2-20-12-5-3-4-10(8-12)14-15(17)19-9-11(16)6-7-13(19)18-14/h3-9H,2,17H2,1H3. The molecule has 3 rings (SSSR count). The zero-order valence-electron chi connectivity index (χ0n) is 11.0. The van der Waals surface area contributed by atoms with Crippen molar-refractivity contribution in [1.29, 1.82) is 0 Å². The predicted molar refractivity (Wildman–Crippen MR) is 81.2 cm³/mol. The van der Waals surface area contributed by atoms with Crippen molar-refractivity contribution in [2.45, 2.75) is 6.92 Å². The summed E-state index contributed by atoms with van der Waals surface area (Å²) in [6.45, 7) is 2.58. The molecule has 0 unspecified atom stereocenters. The minimum Gasteiger partial charge on any atom is -0.494 e. The molecule has 0 fully saturated rings. The highest BCUT2D eigenvalue weighted by molar-refractivity contribution is 6.30. The van der Waals surface area contributed by atoms with E-state index in [9.17, 15) is 0 Å². The average molecular weight is 288 g/mol. The summed E-state index contributed by atoms with van der Waals surface area (Å²) < 4.78 is 7.29. The van der Waals surface area contributed by atoms with Crippen molar-refractivity contribution in [2.75, 3.05) is 12.3 Å². The number of halogens is 1. The van der Waals surface area contributed by atoms with E-state index in [1.54, 1.807) is 16.7 Å². The van der Waals surface area contributed by atoms with Crippen LogP contribution in [-0.4, -0.2) is 16.0 Å². The van der Waals surface area contributed by atoms with Gasteiger partial charge in [-0.25, -0.2) is 4.98 Å². The van der Waals surface area contributed by atoms with Gasteiger partial charge in [-0.15, -0.1) is 0 Å². The molecule has 0 radical (unpaired) electrons. The monoisotopic (exact) mass is 287 g/mol. The molecule has 0 bridgehead atoms. The molecule has 102 valence electrons. The normalized spacial score (nSPS) is 10.9.